The first-order chi connectivity index (χ1) is 8.92. The molecule has 1 aliphatic carbocycles. The standard InChI is InChI=1S/C14H24N4/c1-2-6-13(5-1)9-17-8-4-3-7-14(17)10-18-12-15-11-16-18/h11-14H,1-10H2. The van der Waals surface area contributed by atoms with Gasteiger partial charge in [-0.25, -0.2) is 4.98 Å². The van der Waals surface area contributed by atoms with Crippen molar-refractivity contribution in [2.24, 2.45) is 5.92 Å². The van der Waals surface area contributed by atoms with Crippen LogP contribution in [-0.2, 0) is 6.54 Å². The second-order valence-corrected chi connectivity index (χ2v) is 5.91. The van der Waals surface area contributed by atoms with Crippen molar-refractivity contribution >= 4 is 0 Å². The van der Waals surface area contributed by atoms with Crippen molar-refractivity contribution in [3.05, 3.63) is 12.7 Å². The lowest BCUT2D eigenvalue weighted by Gasteiger charge is -2.37. The molecule has 1 saturated heterocycles. The maximum atomic E-state index is 4.26. The van der Waals surface area contributed by atoms with Crippen LogP contribution in [-0.4, -0.2) is 38.8 Å². The Morgan fingerprint density at radius 1 is 1.00 bits per heavy atom. The SMILES string of the molecule is c1ncn(CC2CCCCN2CC2CCCC2)n1. The Morgan fingerprint density at radius 3 is 2.61 bits per heavy atom. The Hall–Kier alpha value is -0.900. The molecule has 0 aromatic carbocycles. The lowest BCUT2D eigenvalue weighted by atomic mass is 9.99. The molecule has 0 radical (unpaired) electrons. The second-order valence-electron chi connectivity index (χ2n) is 5.91. The lowest BCUT2D eigenvalue weighted by Crippen LogP contribution is -2.44. The van der Waals surface area contributed by atoms with Crippen molar-refractivity contribution in [2.75, 3.05) is 13.1 Å². The maximum Gasteiger partial charge on any atom is 0.137 e. The summed E-state index contributed by atoms with van der Waals surface area (Å²) >= 11 is 0. The van der Waals surface area contributed by atoms with Crippen molar-refractivity contribution in [3.63, 3.8) is 0 Å². The van der Waals surface area contributed by atoms with Gasteiger partial charge in [0.05, 0.1) is 6.54 Å². The van der Waals surface area contributed by atoms with Gasteiger partial charge in [0.25, 0.3) is 0 Å². The third kappa shape index (κ3) is 2.91. The van der Waals surface area contributed by atoms with E-state index >= 15 is 0 Å². The van der Waals surface area contributed by atoms with Gasteiger partial charge >= 0.3 is 0 Å². The van der Waals surface area contributed by atoms with Gasteiger partial charge in [-0.2, -0.15) is 5.10 Å². The molecule has 0 amide bonds. The van der Waals surface area contributed by atoms with Gasteiger partial charge in [-0.05, 0) is 38.1 Å². The average molecular weight is 248 g/mol. The first-order valence-electron chi connectivity index (χ1n) is 7.48. The van der Waals surface area contributed by atoms with Crippen LogP contribution in [0, 0.1) is 5.92 Å². The number of rotatable bonds is 4. The zero-order chi connectivity index (χ0) is 12.2. The van der Waals surface area contributed by atoms with Crippen LogP contribution in [0.1, 0.15) is 44.9 Å². The van der Waals surface area contributed by atoms with E-state index in [1.807, 2.05) is 11.0 Å². The summed E-state index contributed by atoms with van der Waals surface area (Å²) < 4.78 is 2.00. The Morgan fingerprint density at radius 2 is 1.83 bits per heavy atom. The van der Waals surface area contributed by atoms with Crippen LogP contribution in [0.25, 0.3) is 0 Å². The highest BCUT2D eigenvalue weighted by atomic mass is 15.3. The van der Waals surface area contributed by atoms with Gasteiger partial charge in [-0.1, -0.05) is 19.3 Å². The summed E-state index contributed by atoms with van der Waals surface area (Å²) in [4.78, 5) is 6.77. The number of likely N-dealkylation sites (tertiary alicyclic amines) is 1. The van der Waals surface area contributed by atoms with Gasteiger partial charge in [0, 0.05) is 12.6 Å². The maximum absolute atomic E-state index is 4.26. The molecule has 1 aromatic rings. The monoisotopic (exact) mass is 248 g/mol. The molecule has 1 aliphatic heterocycles. The van der Waals surface area contributed by atoms with Gasteiger partial charge in [-0.3, -0.25) is 9.58 Å². The molecule has 3 rings (SSSR count). The third-order valence-electron chi connectivity index (χ3n) is 4.58. The van der Waals surface area contributed by atoms with Crippen molar-refractivity contribution in [1.29, 1.82) is 0 Å². The fraction of sp³-hybridized carbons (Fsp3) is 0.857. The molecule has 0 N–H and O–H groups in total. The van der Waals surface area contributed by atoms with Crippen molar-refractivity contribution in [3.8, 4) is 0 Å². The quantitative estimate of drug-likeness (QED) is 0.820. The Kier molecular flexibility index (Phi) is 3.93. The van der Waals surface area contributed by atoms with Crippen LogP contribution < -0.4 is 0 Å². The minimum atomic E-state index is 0.682. The molecule has 1 atom stereocenters. The number of nitrogens with zero attached hydrogens (tertiary/aromatic N) is 4. The summed E-state index contributed by atoms with van der Waals surface area (Å²) in [7, 11) is 0. The van der Waals surface area contributed by atoms with Gasteiger partial charge in [0.1, 0.15) is 12.7 Å². The number of hydrogen-bond donors (Lipinski definition) is 0. The molecule has 4 heteroatoms. The molecule has 18 heavy (non-hydrogen) atoms. The van der Waals surface area contributed by atoms with Crippen LogP contribution in [0.15, 0.2) is 12.7 Å². The van der Waals surface area contributed by atoms with Crippen molar-refractivity contribution in [2.45, 2.75) is 57.5 Å². The number of piperidine rings is 1. The topological polar surface area (TPSA) is 34.0 Å². The van der Waals surface area contributed by atoms with E-state index in [0.717, 1.165) is 12.5 Å². The molecule has 0 bridgehead atoms. The predicted molar refractivity (Wildman–Crippen MR) is 71.2 cm³/mol. The van der Waals surface area contributed by atoms with E-state index in [1.54, 1.807) is 6.33 Å². The molecular weight excluding hydrogens is 224 g/mol. The predicted octanol–water partition coefficient (Wildman–Crippen LogP) is 2.32. The summed E-state index contributed by atoms with van der Waals surface area (Å²) in [6.07, 6.45) is 13.4. The fourth-order valence-electron chi connectivity index (χ4n) is 3.57. The molecular formula is C14H24N4. The molecule has 100 valence electrons. The molecule has 0 spiro atoms. The molecule has 2 heterocycles. The molecule has 2 aliphatic rings. The Bertz CT molecular complexity index is 343. The van der Waals surface area contributed by atoms with Crippen LogP contribution in [0.3, 0.4) is 0 Å². The van der Waals surface area contributed by atoms with E-state index in [2.05, 4.69) is 15.0 Å². The average Bonchev–Trinajstić information content (AvgIpc) is 3.05. The molecule has 1 saturated carbocycles. The molecule has 1 aromatic heterocycles. The van der Waals surface area contributed by atoms with E-state index in [1.165, 1.54) is 58.0 Å². The summed E-state index contributed by atoms with van der Waals surface area (Å²) in [6, 6.07) is 0.682. The van der Waals surface area contributed by atoms with Gasteiger partial charge in [0.2, 0.25) is 0 Å². The minimum Gasteiger partial charge on any atom is -0.298 e. The van der Waals surface area contributed by atoms with Gasteiger partial charge < -0.3 is 0 Å². The Labute approximate surface area is 109 Å². The smallest absolute Gasteiger partial charge is 0.137 e. The first-order valence-corrected chi connectivity index (χ1v) is 7.48. The van der Waals surface area contributed by atoms with E-state index < -0.39 is 0 Å². The second kappa shape index (κ2) is 5.83. The lowest BCUT2D eigenvalue weighted by molar-refractivity contribution is 0.110. The highest BCUT2D eigenvalue weighted by Gasteiger charge is 2.26. The molecule has 2 fully saturated rings. The third-order valence-corrected chi connectivity index (χ3v) is 4.58. The fourth-order valence-corrected chi connectivity index (χ4v) is 3.57. The zero-order valence-electron chi connectivity index (χ0n) is 11.2. The largest absolute Gasteiger partial charge is 0.298 e. The van der Waals surface area contributed by atoms with Crippen LogP contribution in [0.2, 0.25) is 0 Å². The van der Waals surface area contributed by atoms with E-state index in [4.69, 9.17) is 0 Å². The van der Waals surface area contributed by atoms with E-state index in [9.17, 15) is 0 Å². The summed E-state index contributed by atoms with van der Waals surface area (Å²) in [6.45, 7) is 3.63. The number of hydrogen-bond acceptors (Lipinski definition) is 3. The van der Waals surface area contributed by atoms with E-state index in [-0.39, 0.29) is 0 Å². The first kappa shape index (κ1) is 12.2. The van der Waals surface area contributed by atoms with Crippen molar-refractivity contribution in [1.82, 2.24) is 19.7 Å². The normalized spacial score (nSPS) is 26.8. The summed E-state index contributed by atoms with van der Waals surface area (Å²) in [5.41, 5.74) is 0. The summed E-state index contributed by atoms with van der Waals surface area (Å²) in [5, 5.41) is 4.26. The summed E-state index contributed by atoms with van der Waals surface area (Å²) in [5.74, 6) is 0.960. The Balaban J connectivity index is 1.58. The number of aromatic nitrogens is 3. The molecule has 4 nitrogen and oxygen atoms in total. The zero-order valence-corrected chi connectivity index (χ0v) is 11.2. The van der Waals surface area contributed by atoms with Crippen LogP contribution in [0.5, 0.6) is 0 Å². The van der Waals surface area contributed by atoms with Gasteiger partial charge in [0.15, 0.2) is 0 Å². The highest BCUT2D eigenvalue weighted by Crippen LogP contribution is 2.28. The minimum absolute atomic E-state index is 0.682. The molecule has 1 unspecified atom stereocenters. The van der Waals surface area contributed by atoms with E-state index in [0.29, 0.717) is 6.04 Å². The van der Waals surface area contributed by atoms with Crippen LogP contribution in [0.4, 0.5) is 0 Å². The highest BCUT2D eigenvalue weighted by molar-refractivity contribution is 4.81. The van der Waals surface area contributed by atoms with Gasteiger partial charge in [-0.15, -0.1) is 0 Å². The van der Waals surface area contributed by atoms with Crippen molar-refractivity contribution < 1.29 is 0 Å². The van der Waals surface area contributed by atoms with Crippen LogP contribution >= 0.6 is 0 Å².